The summed E-state index contributed by atoms with van der Waals surface area (Å²) < 4.78 is 26.3. The van der Waals surface area contributed by atoms with Gasteiger partial charge in [-0.05, 0) is 97.5 Å². The van der Waals surface area contributed by atoms with Crippen molar-refractivity contribution in [3.05, 3.63) is 108 Å². The Hall–Kier alpha value is -4.97. The van der Waals surface area contributed by atoms with E-state index in [1.54, 1.807) is 38.5 Å². The summed E-state index contributed by atoms with van der Waals surface area (Å²) >= 11 is 0. The summed E-state index contributed by atoms with van der Waals surface area (Å²) in [6.45, 7) is 6.91. The van der Waals surface area contributed by atoms with Crippen molar-refractivity contribution in [2.24, 2.45) is 22.9 Å². The average Bonchev–Trinajstić information content (AvgIpc) is 3.24. The Morgan fingerprint density at radius 3 is 2.47 bits per heavy atom. The fraction of sp³-hybridized carbons (Fsp3) is 0.468. The van der Waals surface area contributed by atoms with Crippen molar-refractivity contribution in [1.29, 1.82) is 0 Å². The smallest absolute Gasteiger partial charge is 0.239 e. The Labute approximate surface area is 342 Å². The molecule has 1 fully saturated rings. The Kier molecular flexibility index (Phi) is 14.8. The second-order valence-electron chi connectivity index (χ2n) is 15.4. The lowest BCUT2D eigenvalue weighted by Crippen LogP contribution is -2.70. The maximum atomic E-state index is 14.7. The minimum atomic E-state index is -1.35. The van der Waals surface area contributed by atoms with Gasteiger partial charge in [-0.25, -0.2) is 0 Å². The molecule has 11 nitrogen and oxygen atoms in total. The number of aliphatic hydroxyl groups excluding tert-OH is 2. The van der Waals surface area contributed by atoms with Crippen molar-refractivity contribution < 1.29 is 43.6 Å². The molecule has 0 saturated heterocycles. The molecule has 0 spiro atoms. The predicted molar refractivity (Wildman–Crippen MR) is 223 cm³/mol. The number of aliphatic hydroxyl groups is 2. The number of ether oxygens (including phenoxy) is 4. The molecule has 1 aliphatic heterocycles. The molecule has 0 aromatic heterocycles. The van der Waals surface area contributed by atoms with Gasteiger partial charge in [-0.1, -0.05) is 61.3 Å². The molecule has 2 N–H and O–H groups in total. The number of oxime groups is 1. The minimum Gasteiger partial charge on any atom is -0.497 e. The van der Waals surface area contributed by atoms with Gasteiger partial charge in [0.05, 0.1) is 31.8 Å². The van der Waals surface area contributed by atoms with Crippen LogP contribution in [0.25, 0.3) is 0 Å². The maximum Gasteiger partial charge on any atom is 0.239 e. The molecule has 3 aromatic rings. The van der Waals surface area contributed by atoms with E-state index in [0.717, 1.165) is 54.4 Å². The van der Waals surface area contributed by atoms with Crippen LogP contribution in [-0.4, -0.2) is 85.4 Å². The lowest BCUT2D eigenvalue weighted by atomic mass is 9.55. The molecule has 58 heavy (non-hydrogen) atoms. The molecule has 6 atom stereocenters. The van der Waals surface area contributed by atoms with Gasteiger partial charge in [0.1, 0.15) is 42.4 Å². The number of amides is 1. The number of aldehydes is 1. The first-order chi connectivity index (χ1) is 28.3. The number of carbonyl (C=O) groups excluding carboxylic acids is 2. The lowest BCUT2D eigenvalue weighted by molar-refractivity contribution is -0.257. The zero-order valence-corrected chi connectivity index (χ0v) is 34.0. The molecule has 1 heterocycles. The van der Waals surface area contributed by atoms with E-state index in [4.69, 9.17) is 23.8 Å². The van der Waals surface area contributed by atoms with E-state index in [2.05, 4.69) is 24.7 Å². The molecule has 6 rings (SSSR count). The van der Waals surface area contributed by atoms with Crippen molar-refractivity contribution in [3.63, 3.8) is 0 Å². The van der Waals surface area contributed by atoms with Crippen LogP contribution in [0.2, 0.25) is 0 Å². The van der Waals surface area contributed by atoms with Crippen LogP contribution in [0, 0.1) is 17.8 Å². The second-order valence-corrected chi connectivity index (χ2v) is 15.4. The number of rotatable bonds is 21. The maximum absolute atomic E-state index is 14.7. The SMILES string of the molecule is C=CCOC12Oc3ccc(Oc4cccc(C=O)c4)cc3C3C(CCCCO)C(CCCCO)C=C(C(=NOC)CC1N(CCC)C(=O)Cc1cccc(OC)c1)C32. The Bertz CT molecular complexity index is 1940. The number of nitrogens with zero attached hydrogens (tertiary/aromatic N) is 2. The summed E-state index contributed by atoms with van der Waals surface area (Å²) in [6, 6.07) is 19.8. The molecule has 6 unspecified atom stereocenters. The summed E-state index contributed by atoms with van der Waals surface area (Å²) in [6.07, 6.45) is 10.6. The van der Waals surface area contributed by atoms with E-state index in [9.17, 15) is 19.8 Å². The molecule has 11 heteroatoms. The van der Waals surface area contributed by atoms with Gasteiger partial charge in [0.15, 0.2) is 0 Å². The highest BCUT2D eigenvalue weighted by Crippen LogP contribution is 2.62. The molecule has 3 aromatic carbocycles. The van der Waals surface area contributed by atoms with Gasteiger partial charge in [-0.2, -0.15) is 0 Å². The molecular weight excluding hydrogens is 737 g/mol. The highest BCUT2D eigenvalue weighted by Gasteiger charge is 2.65. The predicted octanol–water partition coefficient (Wildman–Crippen LogP) is 8.04. The van der Waals surface area contributed by atoms with E-state index in [-0.39, 0.29) is 49.9 Å². The first-order valence-corrected chi connectivity index (χ1v) is 20.6. The van der Waals surface area contributed by atoms with E-state index in [1.165, 1.54) is 0 Å². The fourth-order valence-corrected chi connectivity index (χ4v) is 9.36. The van der Waals surface area contributed by atoms with Crippen LogP contribution in [0.5, 0.6) is 23.0 Å². The van der Waals surface area contributed by atoms with Crippen LogP contribution in [0.3, 0.4) is 0 Å². The van der Waals surface area contributed by atoms with E-state index in [0.29, 0.717) is 60.8 Å². The van der Waals surface area contributed by atoms with Gasteiger partial charge in [-0.3, -0.25) is 9.59 Å². The largest absolute Gasteiger partial charge is 0.497 e. The van der Waals surface area contributed by atoms with Crippen LogP contribution < -0.4 is 14.2 Å². The standard InChI is InChI=1S/C47H58N2O9/c1-5-21-49(44(53)27-32-13-11-16-35(25-32)54-3)43-30-41(48-55-4)39-28-34(15-7-9-22-50)38(18-8-10-23-51)45-40-29-37(57-36-17-12-14-33(26-36)31-52)19-20-42(40)58-47(43,46(39)45)56-24-6-2/h6,11-14,16-17,19-20,25-26,28-29,31,34,38,43,45-46,50-51H,2,5,7-10,15,18,21-24,27,30H2,1,3-4H3. The van der Waals surface area contributed by atoms with Crippen LogP contribution in [-0.2, 0) is 20.8 Å². The third-order valence-electron chi connectivity index (χ3n) is 11.7. The number of hydrogen-bond acceptors (Lipinski definition) is 10. The quantitative estimate of drug-likeness (QED) is 0.0475. The normalized spacial score (nSPS) is 23.8. The van der Waals surface area contributed by atoms with Crippen molar-refractivity contribution in [2.75, 3.05) is 40.6 Å². The van der Waals surface area contributed by atoms with Gasteiger partial charge in [0.25, 0.3) is 0 Å². The second kappa shape index (κ2) is 20.1. The third-order valence-corrected chi connectivity index (χ3v) is 11.7. The van der Waals surface area contributed by atoms with Crippen LogP contribution in [0.1, 0.15) is 85.7 Å². The van der Waals surface area contributed by atoms with Crippen molar-refractivity contribution in [2.45, 2.75) is 82.5 Å². The van der Waals surface area contributed by atoms with Crippen molar-refractivity contribution in [1.82, 2.24) is 4.90 Å². The van der Waals surface area contributed by atoms with Crippen molar-refractivity contribution >= 4 is 17.9 Å². The average molecular weight is 795 g/mol. The van der Waals surface area contributed by atoms with E-state index in [1.807, 2.05) is 53.4 Å². The summed E-state index contributed by atoms with van der Waals surface area (Å²) in [7, 11) is 3.16. The molecule has 310 valence electrons. The van der Waals surface area contributed by atoms with Gasteiger partial charge in [-0.15, -0.1) is 6.58 Å². The number of carbonyl (C=O) groups is 2. The minimum absolute atomic E-state index is 0.0663. The molecule has 1 saturated carbocycles. The lowest BCUT2D eigenvalue weighted by Gasteiger charge is -2.60. The molecule has 0 bridgehead atoms. The fourth-order valence-electron chi connectivity index (χ4n) is 9.36. The zero-order valence-electron chi connectivity index (χ0n) is 34.0. The summed E-state index contributed by atoms with van der Waals surface area (Å²) in [5.74, 6) is 0.546. The number of hydrogen-bond donors (Lipinski definition) is 2. The third kappa shape index (κ3) is 9.17. The van der Waals surface area contributed by atoms with Gasteiger partial charge in [0.2, 0.25) is 11.7 Å². The van der Waals surface area contributed by atoms with E-state index >= 15 is 0 Å². The van der Waals surface area contributed by atoms with Gasteiger partial charge < -0.3 is 38.9 Å². The molecule has 0 radical (unpaired) electrons. The van der Waals surface area contributed by atoms with Gasteiger partial charge >= 0.3 is 0 Å². The monoisotopic (exact) mass is 794 g/mol. The van der Waals surface area contributed by atoms with Gasteiger partial charge in [0, 0.05) is 43.2 Å². The first kappa shape index (κ1) is 42.6. The summed E-state index contributed by atoms with van der Waals surface area (Å²) in [5.41, 5.74) is 3.99. The van der Waals surface area contributed by atoms with E-state index < -0.39 is 17.7 Å². The Balaban J connectivity index is 1.55. The highest BCUT2D eigenvalue weighted by molar-refractivity contribution is 6.03. The number of methoxy groups -OCH3 is 1. The van der Waals surface area contributed by atoms with Crippen LogP contribution in [0.4, 0.5) is 0 Å². The van der Waals surface area contributed by atoms with Crippen LogP contribution in [0.15, 0.2) is 96.2 Å². The zero-order chi connectivity index (χ0) is 41.1. The first-order valence-electron chi connectivity index (χ1n) is 20.6. The number of allylic oxidation sites excluding steroid dienone is 1. The topological polar surface area (TPSA) is 136 Å². The highest BCUT2D eigenvalue weighted by atomic mass is 16.7. The Morgan fingerprint density at radius 1 is 0.983 bits per heavy atom. The number of benzene rings is 3. The Morgan fingerprint density at radius 2 is 1.74 bits per heavy atom. The summed E-state index contributed by atoms with van der Waals surface area (Å²) in [4.78, 5) is 33.8. The summed E-state index contributed by atoms with van der Waals surface area (Å²) in [5, 5.41) is 24.4. The molecular formula is C47H58N2O9. The molecule has 1 amide bonds. The molecule has 3 aliphatic rings. The molecule has 2 aliphatic carbocycles. The number of fused-ring (bicyclic) bond motifs is 2. The van der Waals surface area contributed by atoms with Crippen molar-refractivity contribution in [3.8, 4) is 23.0 Å². The number of unbranched alkanes of at least 4 members (excludes halogenated alkanes) is 2. The van der Waals surface area contributed by atoms with Crippen LogP contribution >= 0.6 is 0 Å².